The number of halogens is 3. The van der Waals surface area contributed by atoms with E-state index in [1.807, 2.05) is 26.0 Å². The van der Waals surface area contributed by atoms with Crippen LogP contribution in [0.5, 0.6) is 5.75 Å². The van der Waals surface area contributed by atoms with Gasteiger partial charge in [0, 0.05) is 15.6 Å². The molecule has 1 aromatic heterocycles. The lowest BCUT2D eigenvalue weighted by molar-refractivity contribution is 0.213. The Balaban J connectivity index is 2.65. The minimum atomic E-state index is -0.738. The van der Waals surface area contributed by atoms with E-state index in [9.17, 15) is 5.11 Å². The molecule has 0 aliphatic carbocycles. The highest BCUT2D eigenvalue weighted by molar-refractivity contribution is 9.12. The third-order valence-electron chi connectivity index (χ3n) is 3.16. The third-order valence-corrected chi connectivity index (χ3v) is 6.37. The molecular weight excluding hydrogens is 472 g/mol. The smallest absolute Gasteiger partial charge is 0.128 e. The van der Waals surface area contributed by atoms with Gasteiger partial charge < -0.3 is 9.84 Å². The average molecular weight is 485 g/mol. The van der Waals surface area contributed by atoms with Crippen molar-refractivity contribution in [3.63, 3.8) is 0 Å². The first-order valence-electron chi connectivity index (χ1n) is 5.83. The second-order valence-corrected chi connectivity index (χ2v) is 9.03. The quantitative estimate of drug-likeness (QED) is 0.601. The summed E-state index contributed by atoms with van der Waals surface area (Å²) in [5.41, 5.74) is 3.60. The zero-order chi connectivity index (χ0) is 15.0. The molecule has 6 heteroatoms. The van der Waals surface area contributed by atoms with Crippen molar-refractivity contribution in [3.05, 3.63) is 46.4 Å². The predicted octanol–water partition coefficient (Wildman–Crippen LogP) is 5.74. The molecule has 2 nitrogen and oxygen atoms in total. The van der Waals surface area contributed by atoms with Crippen molar-refractivity contribution < 1.29 is 9.84 Å². The molecule has 0 saturated heterocycles. The second kappa shape index (κ2) is 6.48. The van der Waals surface area contributed by atoms with Crippen molar-refractivity contribution in [1.82, 2.24) is 0 Å². The zero-order valence-electron chi connectivity index (χ0n) is 11.1. The van der Waals surface area contributed by atoms with Gasteiger partial charge in [0.15, 0.2) is 0 Å². The molecule has 108 valence electrons. The molecule has 0 amide bonds. The molecule has 1 N–H and O–H groups in total. The van der Waals surface area contributed by atoms with Crippen LogP contribution in [0, 0.1) is 13.8 Å². The van der Waals surface area contributed by atoms with Crippen LogP contribution in [0.3, 0.4) is 0 Å². The number of aliphatic hydroxyl groups is 1. The van der Waals surface area contributed by atoms with Gasteiger partial charge in [-0.3, -0.25) is 0 Å². The van der Waals surface area contributed by atoms with E-state index in [0.29, 0.717) is 0 Å². The van der Waals surface area contributed by atoms with Crippen molar-refractivity contribution in [2.75, 3.05) is 7.11 Å². The molecular formula is C14H13Br3O2S. The van der Waals surface area contributed by atoms with Gasteiger partial charge >= 0.3 is 0 Å². The Hall–Kier alpha value is 0.120. The van der Waals surface area contributed by atoms with Gasteiger partial charge in [0.2, 0.25) is 0 Å². The molecule has 1 unspecified atom stereocenters. The van der Waals surface area contributed by atoms with Crippen LogP contribution in [0.1, 0.15) is 28.4 Å². The van der Waals surface area contributed by atoms with Crippen LogP contribution in [0.15, 0.2) is 24.2 Å². The van der Waals surface area contributed by atoms with Crippen LogP contribution in [0.25, 0.3) is 0 Å². The normalized spacial score (nSPS) is 12.6. The summed E-state index contributed by atoms with van der Waals surface area (Å²) in [4.78, 5) is 0. The van der Waals surface area contributed by atoms with Gasteiger partial charge in [0.05, 0.1) is 14.7 Å². The van der Waals surface area contributed by atoms with E-state index in [-0.39, 0.29) is 0 Å². The molecule has 0 spiro atoms. The van der Waals surface area contributed by atoms with Crippen molar-refractivity contribution in [3.8, 4) is 5.75 Å². The first-order valence-corrected chi connectivity index (χ1v) is 9.02. The molecule has 0 aliphatic rings. The van der Waals surface area contributed by atoms with Crippen LogP contribution >= 0.6 is 59.1 Å². The SMILES string of the molecule is COc1c(C)cc(Br)c(C)c1C(O)c1cc(Br)sc1Br. The second-order valence-electron chi connectivity index (χ2n) is 4.43. The summed E-state index contributed by atoms with van der Waals surface area (Å²) >= 11 is 12.0. The van der Waals surface area contributed by atoms with Gasteiger partial charge in [0.1, 0.15) is 11.9 Å². The summed E-state index contributed by atoms with van der Waals surface area (Å²) < 4.78 is 8.35. The van der Waals surface area contributed by atoms with E-state index < -0.39 is 6.10 Å². The van der Waals surface area contributed by atoms with Crippen molar-refractivity contribution in [2.24, 2.45) is 0 Å². The first kappa shape index (κ1) is 16.5. The Labute approximate surface area is 147 Å². The van der Waals surface area contributed by atoms with Crippen molar-refractivity contribution in [2.45, 2.75) is 20.0 Å². The number of hydrogen-bond donors (Lipinski definition) is 1. The highest BCUT2D eigenvalue weighted by atomic mass is 79.9. The maximum absolute atomic E-state index is 10.8. The zero-order valence-corrected chi connectivity index (χ0v) is 16.7. The number of methoxy groups -OCH3 is 1. The lowest BCUT2D eigenvalue weighted by atomic mass is 9.96. The fourth-order valence-corrected chi connectivity index (χ4v) is 5.61. The molecule has 1 aromatic carbocycles. The number of aliphatic hydroxyl groups excluding tert-OH is 1. The number of hydrogen-bond acceptors (Lipinski definition) is 3. The Bertz CT molecular complexity index is 652. The van der Waals surface area contributed by atoms with Gasteiger partial charge in [0.25, 0.3) is 0 Å². The number of rotatable bonds is 3. The van der Waals surface area contributed by atoms with Crippen molar-refractivity contribution in [1.29, 1.82) is 0 Å². The summed E-state index contributed by atoms with van der Waals surface area (Å²) in [6, 6.07) is 3.93. The van der Waals surface area contributed by atoms with Gasteiger partial charge in [-0.2, -0.15) is 0 Å². The Kier molecular flexibility index (Phi) is 5.34. The molecule has 0 saturated carbocycles. The van der Waals surface area contributed by atoms with Crippen LogP contribution in [0.2, 0.25) is 0 Å². The summed E-state index contributed by atoms with van der Waals surface area (Å²) in [5, 5.41) is 10.8. The predicted molar refractivity (Wildman–Crippen MR) is 93.9 cm³/mol. The number of benzene rings is 1. The molecule has 0 fully saturated rings. The molecule has 0 bridgehead atoms. The van der Waals surface area contributed by atoms with E-state index in [0.717, 1.165) is 40.0 Å². The Morgan fingerprint density at radius 3 is 2.35 bits per heavy atom. The van der Waals surface area contributed by atoms with E-state index in [1.165, 1.54) is 0 Å². The topological polar surface area (TPSA) is 29.5 Å². The van der Waals surface area contributed by atoms with Crippen LogP contribution < -0.4 is 4.74 Å². The fraction of sp³-hybridized carbons (Fsp3) is 0.286. The molecule has 2 aromatic rings. The average Bonchev–Trinajstić information content (AvgIpc) is 2.71. The molecule has 0 radical (unpaired) electrons. The molecule has 2 rings (SSSR count). The standard InChI is InChI=1S/C14H13Br3O2S/c1-6-4-9(15)7(2)11(13(6)19-3)12(18)8-5-10(16)20-14(8)17/h4-5,12,18H,1-3H3. The van der Waals surface area contributed by atoms with E-state index in [4.69, 9.17) is 4.74 Å². The van der Waals surface area contributed by atoms with Crippen molar-refractivity contribution >= 4 is 59.1 Å². The maximum atomic E-state index is 10.8. The third kappa shape index (κ3) is 2.99. The summed E-state index contributed by atoms with van der Waals surface area (Å²) in [6.07, 6.45) is -0.738. The first-order chi connectivity index (χ1) is 9.36. The van der Waals surface area contributed by atoms with Gasteiger partial charge in [-0.1, -0.05) is 15.9 Å². The lowest BCUT2D eigenvalue weighted by Gasteiger charge is -2.20. The van der Waals surface area contributed by atoms with Gasteiger partial charge in [-0.15, -0.1) is 11.3 Å². The minimum Gasteiger partial charge on any atom is -0.496 e. The largest absolute Gasteiger partial charge is 0.496 e. The van der Waals surface area contributed by atoms with E-state index >= 15 is 0 Å². The number of thiophene rings is 1. The maximum Gasteiger partial charge on any atom is 0.128 e. The van der Waals surface area contributed by atoms with E-state index in [1.54, 1.807) is 18.4 Å². The minimum absolute atomic E-state index is 0.729. The summed E-state index contributed by atoms with van der Waals surface area (Å²) in [6.45, 7) is 3.94. The Morgan fingerprint density at radius 2 is 1.85 bits per heavy atom. The van der Waals surface area contributed by atoms with Crippen LogP contribution in [0.4, 0.5) is 0 Å². The number of ether oxygens (including phenoxy) is 1. The molecule has 1 heterocycles. The fourth-order valence-electron chi connectivity index (χ4n) is 2.17. The summed E-state index contributed by atoms with van der Waals surface area (Å²) in [7, 11) is 1.63. The van der Waals surface area contributed by atoms with Gasteiger partial charge in [-0.25, -0.2) is 0 Å². The monoisotopic (exact) mass is 482 g/mol. The highest BCUT2D eigenvalue weighted by Crippen LogP contribution is 2.43. The molecule has 1 atom stereocenters. The molecule has 20 heavy (non-hydrogen) atoms. The van der Waals surface area contributed by atoms with Crippen LogP contribution in [-0.4, -0.2) is 12.2 Å². The number of aryl methyl sites for hydroxylation is 1. The molecule has 0 aliphatic heterocycles. The van der Waals surface area contributed by atoms with E-state index in [2.05, 4.69) is 47.8 Å². The lowest BCUT2D eigenvalue weighted by Crippen LogP contribution is -2.06. The van der Waals surface area contributed by atoms with Gasteiger partial charge in [-0.05, 0) is 69.0 Å². The summed E-state index contributed by atoms with van der Waals surface area (Å²) in [5.74, 6) is 0.729. The highest BCUT2D eigenvalue weighted by Gasteiger charge is 2.24. The van der Waals surface area contributed by atoms with Crippen LogP contribution in [-0.2, 0) is 0 Å². The Morgan fingerprint density at radius 1 is 1.20 bits per heavy atom.